The van der Waals surface area contributed by atoms with Crippen LogP contribution in [-0.2, 0) is 21.5 Å². The molecule has 0 unspecified atom stereocenters. The Kier molecular flexibility index (Phi) is 4.51. The quantitative estimate of drug-likeness (QED) is 0.338. The van der Waals surface area contributed by atoms with Gasteiger partial charge >= 0.3 is 5.71 Å². The van der Waals surface area contributed by atoms with Crippen molar-refractivity contribution in [3.63, 3.8) is 0 Å². The summed E-state index contributed by atoms with van der Waals surface area (Å²) in [5.41, 5.74) is 8.90. The van der Waals surface area contributed by atoms with Crippen molar-refractivity contribution in [1.82, 2.24) is 0 Å². The van der Waals surface area contributed by atoms with Gasteiger partial charge < -0.3 is 5.53 Å². The molecule has 88 valence electrons. The Morgan fingerprint density at radius 1 is 1.29 bits per heavy atom. The third kappa shape index (κ3) is 3.48. The summed E-state index contributed by atoms with van der Waals surface area (Å²) in [5.74, 6) is -0.773. The first-order valence-corrected chi connectivity index (χ1v) is 5.86. The lowest BCUT2D eigenvalue weighted by Crippen LogP contribution is -2.25. The minimum Gasteiger partial charge on any atom is -0.361 e. The summed E-state index contributed by atoms with van der Waals surface area (Å²) in [6.07, 6.45) is -0.0113. The highest BCUT2D eigenvalue weighted by Gasteiger charge is 2.22. The van der Waals surface area contributed by atoms with Gasteiger partial charge in [0, 0.05) is 13.3 Å². The summed E-state index contributed by atoms with van der Waals surface area (Å²) in [5, 5.41) is 0. The molecular weight excluding hydrogens is 240 g/mol. The summed E-state index contributed by atoms with van der Waals surface area (Å²) in [6.45, 7) is 1.25. The van der Waals surface area contributed by atoms with Crippen LogP contribution in [0.2, 0.25) is 0 Å². The predicted molar refractivity (Wildman–Crippen MR) is 63.4 cm³/mol. The maximum absolute atomic E-state index is 11.6. The van der Waals surface area contributed by atoms with E-state index in [4.69, 9.17) is 5.53 Å². The average Bonchev–Trinajstić information content (AvgIpc) is 2.35. The molecule has 0 spiro atoms. The molecule has 6 heteroatoms. The van der Waals surface area contributed by atoms with Gasteiger partial charge in [0.15, 0.2) is 0 Å². The zero-order chi connectivity index (χ0) is 12.8. The van der Waals surface area contributed by atoms with Gasteiger partial charge in [-0.05, 0) is 5.56 Å². The third-order valence-corrected chi connectivity index (χ3v) is 2.87. The van der Waals surface area contributed by atoms with Crippen LogP contribution in [0.15, 0.2) is 30.3 Å². The summed E-state index contributed by atoms with van der Waals surface area (Å²) in [4.78, 5) is 14.0. The molecule has 0 amide bonds. The Morgan fingerprint density at radius 2 is 1.88 bits per heavy atom. The Hall–Kier alpha value is -2.04. The van der Waals surface area contributed by atoms with E-state index < -0.39 is 16.1 Å². The molecule has 0 aliphatic carbocycles. The number of benzene rings is 1. The number of Topliss-reactive ketones (excluding diaryl/α,β-unsaturated/α-hetero) is 1. The molecule has 0 heterocycles. The Balaban J connectivity index is 3.12. The van der Waals surface area contributed by atoms with Gasteiger partial charge in [0.05, 0.1) is 0 Å². The first kappa shape index (κ1) is 13.0. The second kappa shape index (κ2) is 5.89. The van der Waals surface area contributed by atoms with Crippen molar-refractivity contribution < 1.29 is 18.0 Å². The molecule has 0 aliphatic rings. The molecular formula is C11H10N2O3S. The second-order valence-corrected chi connectivity index (χ2v) is 4.30. The van der Waals surface area contributed by atoms with Crippen LogP contribution in [0.3, 0.4) is 0 Å². The van der Waals surface area contributed by atoms with Crippen molar-refractivity contribution in [3.8, 4) is 0 Å². The highest BCUT2D eigenvalue weighted by atomic mass is 32.2. The normalized spacial score (nSPS) is 9.24. The minimum atomic E-state index is -2.63. The van der Waals surface area contributed by atoms with E-state index in [-0.39, 0.29) is 17.0 Å². The van der Waals surface area contributed by atoms with Gasteiger partial charge in [-0.1, -0.05) is 30.3 Å². The zero-order valence-corrected chi connectivity index (χ0v) is 9.94. The zero-order valence-electron chi connectivity index (χ0n) is 9.12. The van der Waals surface area contributed by atoms with Gasteiger partial charge in [-0.2, -0.15) is 13.2 Å². The SMILES string of the molecule is CC(=[N+]=[N-])C(=O)C(Cc1ccccc1)=S(=O)=O. The number of nitrogens with zero attached hydrogens (tertiary/aromatic N) is 2. The smallest absolute Gasteiger partial charge is 0.337 e. The fourth-order valence-electron chi connectivity index (χ4n) is 1.24. The molecule has 0 bridgehead atoms. The van der Waals surface area contributed by atoms with Gasteiger partial charge in [-0.15, -0.1) is 0 Å². The van der Waals surface area contributed by atoms with Gasteiger partial charge in [0.25, 0.3) is 5.78 Å². The second-order valence-electron chi connectivity index (χ2n) is 3.33. The van der Waals surface area contributed by atoms with Crippen LogP contribution in [-0.4, -0.2) is 29.6 Å². The van der Waals surface area contributed by atoms with Crippen molar-refractivity contribution in [3.05, 3.63) is 41.4 Å². The highest BCUT2D eigenvalue weighted by Crippen LogP contribution is 2.01. The predicted octanol–water partition coefficient (Wildman–Crippen LogP) is 0.540. The number of ketones is 1. The fourth-order valence-corrected chi connectivity index (χ4v) is 1.83. The van der Waals surface area contributed by atoms with Gasteiger partial charge in [0.1, 0.15) is 4.86 Å². The number of hydrogen-bond donors (Lipinski definition) is 0. The molecule has 1 rings (SSSR count). The largest absolute Gasteiger partial charge is 0.361 e. The molecule has 5 nitrogen and oxygen atoms in total. The molecule has 1 aromatic carbocycles. The maximum Gasteiger partial charge on any atom is 0.337 e. The molecule has 0 aromatic heterocycles. The van der Waals surface area contributed by atoms with Crippen LogP contribution in [0.1, 0.15) is 12.5 Å². The van der Waals surface area contributed by atoms with E-state index in [0.29, 0.717) is 5.56 Å². The van der Waals surface area contributed by atoms with E-state index in [2.05, 4.69) is 4.79 Å². The first-order chi connectivity index (χ1) is 8.06. The lowest BCUT2D eigenvalue weighted by atomic mass is 10.1. The van der Waals surface area contributed by atoms with Crippen molar-refractivity contribution in [2.45, 2.75) is 13.3 Å². The van der Waals surface area contributed by atoms with Crippen LogP contribution in [0.25, 0.3) is 5.53 Å². The molecule has 0 fully saturated rings. The van der Waals surface area contributed by atoms with Crippen molar-refractivity contribution >= 4 is 26.7 Å². The molecule has 1 aromatic rings. The molecule has 0 saturated carbocycles. The van der Waals surface area contributed by atoms with E-state index in [1.165, 1.54) is 6.92 Å². The lowest BCUT2D eigenvalue weighted by Gasteiger charge is -1.98. The average molecular weight is 250 g/mol. The highest BCUT2D eigenvalue weighted by molar-refractivity contribution is 7.75. The lowest BCUT2D eigenvalue weighted by molar-refractivity contribution is -0.111. The number of hydrogen-bond acceptors (Lipinski definition) is 3. The topological polar surface area (TPSA) is 87.6 Å². The van der Waals surface area contributed by atoms with Gasteiger partial charge in [0.2, 0.25) is 10.3 Å². The molecule has 17 heavy (non-hydrogen) atoms. The van der Waals surface area contributed by atoms with E-state index >= 15 is 0 Å². The number of rotatable bonds is 4. The summed E-state index contributed by atoms with van der Waals surface area (Å²) >= 11 is 0. The molecule has 0 atom stereocenters. The van der Waals surface area contributed by atoms with Crippen molar-refractivity contribution in [2.75, 3.05) is 0 Å². The Labute approximate surface area is 99.9 Å². The Bertz CT molecular complexity index is 603. The van der Waals surface area contributed by atoms with Crippen LogP contribution in [0.5, 0.6) is 0 Å². The summed E-state index contributed by atoms with van der Waals surface area (Å²) in [7, 11) is -2.63. The van der Waals surface area contributed by atoms with Crippen LogP contribution < -0.4 is 0 Å². The van der Waals surface area contributed by atoms with Crippen LogP contribution >= 0.6 is 0 Å². The van der Waals surface area contributed by atoms with Crippen molar-refractivity contribution in [2.24, 2.45) is 0 Å². The summed E-state index contributed by atoms with van der Waals surface area (Å²) < 4.78 is 21.9. The molecule has 0 N–H and O–H groups in total. The third-order valence-electron chi connectivity index (χ3n) is 2.14. The Morgan fingerprint density at radius 3 is 2.35 bits per heavy atom. The van der Waals surface area contributed by atoms with E-state index in [1.807, 2.05) is 0 Å². The van der Waals surface area contributed by atoms with Gasteiger partial charge in [-0.3, -0.25) is 4.79 Å². The van der Waals surface area contributed by atoms with Crippen LogP contribution in [0, 0.1) is 0 Å². The molecule has 0 saturated heterocycles. The standard InChI is InChI=1S/C11H10N2O3S/c1-8(13-12)11(14)10(17(15)16)7-9-5-3-2-4-6-9/h2-6H,7H2,1H3. The van der Waals surface area contributed by atoms with E-state index in [9.17, 15) is 13.2 Å². The minimum absolute atomic E-state index is 0.0113. The molecule has 0 radical (unpaired) electrons. The monoisotopic (exact) mass is 250 g/mol. The molecule has 0 aliphatic heterocycles. The van der Waals surface area contributed by atoms with Gasteiger partial charge in [-0.25, -0.2) is 0 Å². The first-order valence-electron chi connectivity index (χ1n) is 4.78. The maximum atomic E-state index is 11.6. The summed E-state index contributed by atoms with van der Waals surface area (Å²) in [6, 6.07) is 8.72. The number of carbonyl (C=O) groups is 1. The number of carbonyl (C=O) groups excluding carboxylic acids is 1. The van der Waals surface area contributed by atoms with E-state index in [1.54, 1.807) is 30.3 Å². The van der Waals surface area contributed by atoms with Crippen molar-refractivity contribution in [1.29, 1.82) is 0 Å². The van der Waals surface area contributed by atoms with E-state index in [0.717, 1.165) is 0 Å². The van der Waals surface area contributed by atoms with Crippen LogP contribution in [0.4, 0.5) is 0 Å². The fraction of sp³-hybridized carbons (Fsp3) is 0.182.